The first-order valence-corrected chi connectivity index (χ1v) is 6.75. The van der Waals surface area contributed by atoms with Gasteiger partial charge in [0.05, 0.1) is 18.4 Å². The summed E-state index contributed by atoms with van der Waals surface area (Å²) in [5.74, 6) is -0.658. The van der Waals surface area contributed by atoms with Crippen molar-refractivity contribution in [1.29, 1.82) is 0 Å². The van der Waals surface area contributed by atoms with Gasteiger partial charge in [-0.1, -0.05) is 12.1 Å². The number of carbonyl (C=O) groups is 1. The molecule has 1 amide bonds. The summed E-state index contributed by atoms with van der Waals surface area (Å²) in [5, 5.41) is 22.4. The first-order valence-electron chi connectivity index (χ1n) is 6.75. The molecule has 0 aromatic heterocycles. The van der Waals surface area contributed by atoms with E-state index in [2.05, 4.69) is 5.32 Å². The summed E-state index contributed by atoms with van der Waals surface area (Å²) in [6, 6.07) is 10.3. The number of hydrogen-bond acceptors (Lipinski definition) is 5. The second-order valence-corrected chi connectivity index (χ2v) is 5.09. The van der Waals surface area contributed by atoms with Gasteiger partial charge >= 0.3 is 0 Å². The molecule has 0 saturated carbocycles. The lowest BCUT2D eigenvalue weighted by atomic mass is 10.0. The van der Waals surface area contributed by atoms with E-state index in [-0.39, 0.29) is 23.2 Å². The summed E-state index contributed by atoms with van der Waals surface area (Å²) >= 11 is 0. The number of benzene rings is 2. The van der Waals surface area contributed by atoms with Crippen molar-refractivity contribution in [3.8, 4) is 17.2 Å². The lowest BCUT2D eigenvalue weighted by molar-refractivity contribution is 0.0928. The Morgan fingerprint density at radius 1 is 1.23 bits per heavy atom. The number of aromatic hydroxyl groups is 2. The number of methoxy groups -OCH3 is 1. The number of ether oxygens (including phenoxy) is 1. The molecule has 3 N–H and O–H groups in total. The number of hydrogen-bond donors (Lipinski definition) is 3. The number of phenols is 2. The lowest BCUT2D eigenvalue weighted by Crippen LogP contribution is -2.44. The predicted molar refractivity (Wildman–Crippen MR) is 81.4 cm³/mol. The molecule has 0 bridgehead atoms. The maximum Gasteiger partial charge on any atom is 0.255 e. The molecule has 22 heavy (non-hydrogen) atoms. The van der Waals surface area contributed by atoms with Crippen LogP contribution in [0.4, 0.5) is 5.69 Å². The Morgan fingerprint density at radius 3 is 2.68 bits per heavy atom. The largest absolute Gasteiger partial charge is 0.504 e. The predicted octanol–water partition coefficient (Wildman–Crippen LogP) is 1.98. The minimum Gasteiger partial charge on any atom is -0.504 e. The molecule has 6 nitrogen and oxygen atoms in total. The minimum atomic E-state index is -0.470. The van der Waals surface area contributed by atoms with Gasteiger partial charge in [-0.05, 0) is 24.3 Å². The zero-order valence-electron chi connectivity index (χ0n) is 12.2. The van der Waals surface area contributed by atoms with Gasteiger partial charge in [-0.3, -0.25) is 4.79 Å². The van der Waals surface area contributed by atoms with Crippen LogP contribution in [-0.2, 0) is 0 Å². The second kappa shape index (κ2) is 5.14. The van der Waals surface area contributed by atoms with Crippen molar-refractivity contribution in [3.63, 3.8) is 0 Å². The van der Waals surface area contributed by atoms with Crippen LogP contribution in [-0.4, -0.2) is 30.3 Å². The van der Waals surface area contributed by atoms with Crippen LogP contribution < -0.4 is 15.0 Å². The van der Waals surface area contributed by atoms with Crippen molar-refractivity contribution < 1.29 is 19.7 Å². The number of anilines is 1. The molecule has 1 atom stereocenters. The normalized spacial score (nSPS) is 16.9. The van der Waals surface area contributed by atoms with E-state index >= 15 is 0 Å². The molecule has 1 aliphatic heterocycles. The Hall–Kier alpha value is -2.89. The van der Waals surface area contributed by atoms with E-state index < -0.39 is 6.17 Å². The Bertz CT molecular complexity index is 745. The smallest absolute Gasteiger partial charge is 0.255 e. The van der Waals surface area contributed by atoms with Crippen LogP contribution in [0, 0.1) is 0 Å². The fourth-order valence-corrected chi connectivity index (χ4v) is 2.65. The Balaban J connectivity index is 2.07. The van der Waals surface area contributed by atoms with Gasteiger partial charge in [0.1, 0.15) is 6.17 Å². The number of rotatable bonds is 2. The average Bonchev–Trinajstić information content (AvgIpc) is 2.53. The third-order valence-electron chi connectivity index (χ3n) is 3.80. The molecule has 3 rings (SSSR count). The van der Waals surface area contributed by atoms with Gasteiger partial charge in [0.2, 0.25) is 5.75 Å². The van der Waals surface area contributed by atoms with Crippen LogP contribution in [0.5, 0.6) is 17.2 Å². The highest BCUT2D eigenvalue weighted by Gasteiger charge is 2.30. The summed E-state index contributed by atoms with van der Waals surface area (Å²) in [5.41, 5.74) is 2.00. The van der Waals surface area contributed by atoms with Gasteiger partial charge in [0.25, 0.3) is 5.91 Å². The van der Waals surface area contributed by atoms with Crippen molar-refractivity contribution in [2.24, 2.45) is 0 Å². The quantitative estimate of drug-likeness (QED) is 0.739. The number of nitrogens with one attached hydrogen (secondary N) is 1. The number of nitrogens with zero attached hydrogens (tertiary/aromatic N) is 1. The monoisotopic (exact) mass is 300 g/mol. The van der Waals surface area contributed by atoms with E-state index in [1.807, 2.05) is 30.1 Å². The van der Waals surface area contributed by atoms with Crippen LogP contribution in [0.1, 0.15) is 22.1 Å². The molecule has 2 aromatic rings. The van der Waals surface area contributed by atoms with Crippen LogP contribution in [0.15, 0.2) is 36.4 Å². The van der Waals surface area contributed by atoms with Crippen molar-refractivity contribution in [2.75, 3.05) is 19.1 Å². The van der Waals surface area contributed by atoms with E-state index in [9.17, 15) is 15.0 Å². The van der Waals surface area contributed by atoms with Gasteiger partial charge in [-0.25, -0.2) is 0 Å². The van der Waals surface area contributed by atoms with Crippen LogP contribution in [0.2, 0.25) is 0 Å². The average molecular weight is 300 g/mol. The third-order valence-corrected chi connectivity index (χ3v) is 3.80. The maximum atomic E-state index is 12.2. The molecule has 1 heterocycles. The Kier molecular flexibility index (Phi) is 3.29. The summed E-state index contributed by atoms with van der Waals surface area (Å²) in [7, 11) is 3.25. The number of carbonyl (C=O) groups excluding carboxylic acids is 1. The van der Waals surface area contributed by atoms with Gasteiger partial charge in [0.15, 0.2) is 11.5 Å². The Labute approximate surface area is 127 Å². The fraction of sp³-hybridized carbons (Fsp3) is 0.188. The van der Waals surface area contributed by atoms with Crippen molar-refractivity contribution in [2.45, 2.75) is 6.17 Å². The summed E-state index contributed by atoms with van der Waals surface area (Å²) < 4.78 is 5.05. The molecular formula is C16H16N2O4. The molecule has 0 radical (unpaired) electrons. The van der Waals surface area contributed by atoms with E-state index in [4.69, 9.17) is 4.74 Å². The molecule has 0 fully saturated rings. The van der Waals surface area contributed by atoms with Gasteiger partial charge < -0.3 is 25.2 Å². The summed E-state index contributed by atoms with van der Waals surface area (Å²) in [6.45, 7) is 0. The molecule has 0 saturated heterocycles. The van der Waals surface area contributed by atoms with Crippen LogP contribution in [0.3, 0.4) is 0 Å². The standard InChI is InChI=1S/C16H16N2O4/c1-18-11-6-4-3-5-10(11)16(21)17-15(18)9-7-12(19)14(20)13(8-9)22-2/h3-8,15,19-20H,1-2H3,(H,17,21)/t15-/m0/s1. The van der Waals surface area contributed by atoms with E-state index in [0.29, 0.717) is 11.1 Å². The fourth-order valence-electron chi connectivity index (χ4n) is 2.65. The lowest BCUT2D eigenvalue weighted by Gasteiger charge is -2.36. The zero-order chi connectivity index (χ0) is 15.9. The minimum absolute atomic E-state index is 0.150. The SMILES string of the molecule is COc1cc([C@H]2NC(=O)c3ccccc3N2C)cc(O)c1O. The van der Waals surface area contributed by atoms with Crippen LogP contribution in [0.25, 0.3) is 0 Å². The molecule has 114 valence electrons. The zero-order valence-corrected chi connectivity index (χ0v) is 12.2. The second-order valence-electron chi connectivity index (χ2n) is 5.09. The number of para-hydroxylation sites is 1. The highest BCUT2D eigenvalue weighted by Crippen LogP contribution is 2.40. The van der Waals surface area contributed by atoms with Gasteiger partial charge in [-0.2, -0.15) is 0 Å². The highest BCUT2D eigenvalue weighted by molar-refractivity contribution is 6.02. The molecule has 1 aliphatic rings. The Morgan fingerprint density at radius 2 is 1.95 bits per heavy atom. The maximum absolute atomic E-state index is 12.2. The van der Waals surface area contributed by atoms with E-state index in [1.54, 1.807) is 12.1 Å². The van der Waals surface area contributed by atoms with Crippen molar-refractivity contribution in [1.82, 2.24) is 5.32 Å². The molecular weight excluding hydrogens is 284 g/mol. The number of phenolic OH excluding ortho intramolecular Hbond substituents is 2. The first kappa shape index (κ1) is 14.1. The van der Waals surface area contributed by atoms with Gasteiger partial charge in [-0.15, -0.1) is 0 Å². The van der Waals surface area contributed by atoms with E-state index in [1.165, 1.54) is 13.2 Å². The molecule has 2 aromatic carbocycles. The summed E-state index contributed by atoms with van der Waals surface area (Å²) in [6.07, 6.45) is -0.470. The third kappa shape index (κ3) is 2.09. The molecule has 0 aliphatic carbocycles. The van der Waals surface area contributed by atoms with Crippen molar-refractivity contribution in [3.05, 3.63) is 47.5 Å². The highest BCUT2D eigenvalue weighted by atomic mass is 16.5. The number of amides is 1. The molecule has 0 spiro atoms. The van der Waals surface area contributed by atoms with Crippen molar-refractivity contribution >= 4 is 11.6 Å². The first-order chi connectivity index (χ1) is 10.5. The topological polar surface area (TPSA) is 82.0 Å². The van der Waals surface area contributed by atoms with Gasteiger partial charge in [0, 0.05) is 12.6 Å². The van der Waals surface area contributed by atoms with E-state index in [0.717, 1.165) is 5.69 Å². The molecule has 0 unspecified atom stereocenters. The molecule has 6 heteroatoms. The number of fused-ring (bicyclic) bond motifs is 1. The van der Waals surface area contributed by atoms with Crippen LogP contribution >= 0.6 is 0 Å². The summed E-state index contributed by atoms with van der Waals surface area (Å²) in [4.78, 5) is 14.1.